The van der Waals surface area contributed by atoms with Crippen molar-refractivity contribution >= 4 is 28.3 Å². The maximum Gasteiger partial charge on any atom is 0.145 e. The Morgan fingerprint density at radius 1 is 1.29 bits per heavy atom. The largest absolute Gasteiger partial charge is 0.494 e. The molecule has 0 spiro atoms. The molecule has 14 heavy (non-hydrogen) atoms. The van der Waals surface area contributed by atoms with Crippen molar-refractivity contribution in [2.45, 2.75) is 26.2 Å². The van der Waals surface area contributed by atoms with Crippen molar-refractivity contribution in [3.05, 3.63) is 21.3 Å². The monoisotopic (exact) mass is 305 g/mol. The van der Waals surface area contributed by atoms with Crippen LogP contribution in [0.15, 0.2) is 12.1 Å². The molecule has 0 aliphatic rings. The Morgan fingerprint density at radius 3 is 2.29 bits per heavy atom. The van der Waals surface area contributed by atoms with E-state index in [1.165, 1.54) is 0 Å². The van der Waals surface area contributed by atoms with Crippen LogP contribution in [0.1, 0.15) is 26.3 Å². The Labute approximate surface area is 99.0 Å². The number of ether oxygens (including phenoxy) is 1. The number of nitrogens with two attached hydrogens (primary N) is 1. The summed E-state index contributed by atoms with van der Waals surface area (Å²) in [4.78, 5) is 0. The van der Waals surface area contributed by atoms with Gasteiger partial charge in [0.1, 0.15) is 5.75 Å². The van der Waals surface area contributed by atoms with E-state index < -0.39 is 0 Å². The lowest BCUT2D eigenvalue weighted by Crippen LogP contribution is -2.14. The molecule has 2 N–H and O–H groups in total. The summed E-state index contributed by atoms with van der Waals surface area (Å²) in [6.45, 7) is 6.46. The third-order valence-corrected chi connectivity index (χ3v) is 2.72. The lowest BCUT2D eigenvalue weighted by Gasteiger charge is -2.23. The number of hydrogen-bond acceptors (Lipinski definition) is 2. The first-order valence-corrected chi connectivity index (χ1v) is 5.57. The Morgan fingerprint density at radius 2 is 1.86 bits per heavy atom. The molecular weight excluding hydrogens is 289 g/mol. The second-order valence-electron chi connectivity index (χ2n) is 4.33. The summed E-state index contributed by atoms with van der Waals surface area (Å²) in [6.07, 6.45) is 0. The van der Waals surface area contributed by atoms with Crippen molar-refractivity contribution in [3.63, 3.8) is 0 Å². The van der Waals surface area contributed by atoms with Gasteiger partial charge in [-0.25, -0.2) is 0 Å². The van der Waals surface area contributed by atoms with E-state index in [-0.39, 0.29) is 5.41 Å². The number of anilines is 1. The fourth-order valence-electron chi connectivity index (χ4n) is 1.40. The standard InChI is InChI=1S/C11H16INO/c1-11(2,3)8-5-7(12)6-9(13)10(8)14-4/h5-6H,13H2,1-4H3. The van der Waals surface area contributed by atoms with E-state index in [0.29, 0.717) is 5.69 Å². The van der Waals surface area contributed by atoms with E-state index in [9.17, 15) is 0 Å². The van der Waals surface area contributed by atoms with Crippen molar-refractivity contribution < 1.29 is 4.74 Å². The number of hydrogen-bond donors (Lipinski definition) is 1. The molecule has 0 heterocycles. The van der Waals surface area contributed by atoms with E-state index in [4.69, 9.17) is 10.5 Å². The number of benzene rings is 1. The van der Waals surface area contributed by atoms with Crippen LogP contribution >= 0.6 is 22.6 Å². The number of nitrogen functional groups attached to an aromatic ring is 1. The molecule has 1 rings (SSSR count). The van der Waals surface area contributed by atoms with Crippen molar-refractivity contribution in [1.82, 2.24) is 0 Å². The highest BCUT2D eigenvalue weighted by molar-refractivity contribution is 14.1. The van der Waals surface area contributed by atoms with E-state index >= 15 is 0 Å². The second kappa shape index (κ2) is 3.96. The topological polar surface area (TPSA) is 35.2 Å². The minimum Gasteiger partial charge on any atom is -0.494 e. The van der Waals surface area contributed by atoms with Crippen LogP contribution < -0.4 is 10.5 Å². The van der Waals surface area contributed by atoms with E-state index in [1.807, 2.05) is 6.07 Å². The summed E-state index contributed by atoms with van der Waals surface area (Å²) >= 11 is 2.27. The summed E-state index contributed by atoms with van der Waals surface area (Å²) in [6, 6.07) is 4.05. The Bertz CT molecular complexity index is 342. The number of methoxy groups -OCH3 is 1. The van der Waals surface area contributed by atoms with Crippen molar-refractivity contribution in [2.24, 2.45) is 0 Å². The SMILES string of the molecule is COc1c(N)cc(I)cc1C(C)(C)C. The molecular formula is C11H16INO. The average molecular weight is 305 g/mol. The van der Waals surface area contributed by atoms with Gasteiger partial charge in [-0.2, -0.15) is 0 Å². The average Bonchev–Trinajstić information content (AvgIpc) is 2.01. The molecule has 78 valence electrons. The van der Waals surface area contributed by atoms with Crippen LogP contribution in [0, 0.1) is 3.57 Å². The smallest absolute Gasteiger partial charge is 0.145 e. The first-order chi connectivity index (χ1) is 6.36. The molecule has 1 aromatic carbocycles. The minimum atomic E-state index is 0.0562. The molecule has 0 amide bonds. The third kappa shape index (κ3) is 2.32. The molecule has 0 saturated heterocycles. The molecule has 0 aliphatic carbocycles. The summed E-state index contributed by atoms with van der Waals surface area (Å²) in [5, 5.41) is 0. The molecule has 0 unspecified atom stereocenters. The van der Waals surface area contributed by atoms with Gasteiger partial charge in [0.15, 0.2) is 0 Å². The summed E-state index contributed by atoms with van der Waals surface area (Å²) in [5.74, 6) is 0.804. The zero-order valence-electron chi connectivity index (χ0n) is 9.02. The Hall–Kier alpha value is -0.450. The molecule has 0 fully saturated rings. The lowest BCUT2D eigenvalue weighted by molar-refractivity contribution is 0.399. The third-order valence-electron chi connectivity index (χ3n) is 2.09. The van der Waals surface area contributed by atoms with E-state index in [0.717, 1.165) is 14.9 Å². The first kappa shape index (κ1) is 11.6. The van der Waals surface area contributed by atoms with Gasteiger partial charge < -0.3 is 10.5 Å². The molecule has 3 heteroatoms. The van der Waals surface area contributed by atoms with Gasteiger partial charge in [0.25, 0.3) is 0 Å². The van der Waals surface area contributed by atoms with Crippen LogP contribution in [0.5, 0.6) is 5.75 Å². The lowest BCUT2D eigenvalue weighted by atomic mass is 9.86. The van der Waals surface area contributed by atoms with Gasteiger partial charge in [-0.1, -0.05) is 20.8 Å². The quantitative estimate of drug-likeness (QED) is 0.639. The highest BCUT2D eigenvalue weighted by Crippen LogP contribution is 2.36. The van der Waals surface area contributed by atoms with Crippen LogP contribution in [0.4, 0.5) is 5.69 Å². The Kier molecular flexibility index (Phi) is 3.29. The summed E-state index contributed by atoms with van der Waals surface area (Å²) < 4.78 is 6.47. The van der Waals surface area contributed by atoms with Crippen LogP contribution in [0.25, 0.3) is 0 Å². The molecule has 0 saturated carbocycles. The van der Waals surface area contributed by atoms with Gasteiger partial charge in [0, 0.05) is 9.13 Å². The predicted molar refractivity (Wildman–Crippen MR) is 68.8 cm³/mol. The van der Waals surface area contributed by atoms with Gasteiger partial charge in [-0.15, -0.1) is 0 Å². The van der Waals surface area contributed by atoms with E-state index in [1.54, 1.807) is 7.11 Å². The minimum absolute atomic E-state index is 0.0562. The van der Waals surface area contributed by atoms with E-state index in [2.05, 4.69) is 49.4 Å². The van der Waals surface area contributed by atoms with Crippen molar-refractivity contribution in [1.29, 1.82) is 0 Å². The molecule has 0 radical (unpaired) electrons. The molecule has 0 bridgehead atoms. The highest BCUT2D eigenvalue weighted by Gasteiger charge is 2.20. The van der Waals surface area contributed by atoms with Crippen LogP contribution in [-0.4, -0.2) is 7.11 Å². The number of rotatable bonds is 1. The van der Waals surface area contributed by atoms with Crippen LogP contribution in [0.3, 0.4) is 0 Å². The van der Waals surface area contributed by atoms with Crippen molar-refractivity contribution in [3.8, 4) is 5.75 Å². The molecule has 1 aromatic rings. The summed E-state index contributed by atoms with van der Waals surface area (Å²) in [5.41, 5.74) is 7.82. The predicted octanol–water partition coefficient (Wildman–Crippen LogP) is 3.18. The highest BCUT2D eigenvalue weighted by atomic mass is 127. The summed E-state index contributed by atoms with van der Waals surface area (Å²) in [7, 11) is 1.66. The normalized spacial score (nSPS) is 11.5. The maximum atomic E-state index is 5.90. The first-order valence-electron chi connectivity index (χ1n) is 4.49. The van der Waals surface area contributed by atoms with Crippen LogP contribution in [0.2, 0.25) is 0 Å². The van der Waals surface area contributed by atoms with Gasteiger partial charge in [0.2, 0.25) is 0 Å². The number of halogens is 1. The van der Waals surface area contributed by atoms with Gasteiger partial charge in [-0.05, 0) is 40.1 Å². The zero-order valence-corrected chi connectivity index (χ0v) is 11.2. The van der Waals surface area contributed by atoms with Crippen molar-refractivity contribution in [2.75, 3.05) is 12.8 Å². The molecule has 2 nitrogen and oxygen atoms in total. The maximum absolute atomic E-state index is 5.90. The molecule has 0 aliphatic heterocycles. The second-order valence-corrected chi connectivity index (χ2v) is 5.57. The fraction of sp³-hybridized carbons (Fsp3) is 0.455. The molecule has 0 aromatic heterocycles. The van der Waals surface area contributed by atoms with Crippen LogP contribution in [-0.2, 0) is 5.41 Å². The zero-order chi connectivity index (χ0) is 10.9. The molecule has 0 atom stereocenters. The van der Waals surface area contributed by atoms with Gasteiger partial charge >= 0.3 is 0 Å². The Balaban J connectivity index is 3.40. The van der Waals surface area contributed by atoms with Gasteiger partial charge in [-0.3, -0.25) is 0 Å². The van der Waals surface area contributed by atoms with Gasteiger partial charge in [0.05, 0.1) is 12.8 Å². The fourth-order valence-corrected chi connectivity index (χ4v) is 2.05.